The molecule has 0 spiro atoms. The highest BCUT2D eigenvalue weighted by atomic mass is 31.2. The number of phosphoric ester groups is 1. The van der Waals surface area contributed by atoms with Crippen LogP contribution in [0.15, 0.2) is 48.6 Å². The molecule has 3 atom stereocenters. The first-order valence-corrected chi connectivity index (χ1v) is 23.1. The number of aliphatic hydroxyl groups excluding tert-OH is 2. The maximum absolute atomic E-state index is 12.6. The number of hydrogen-bond donors (Lipinski definition) is 3. The van der Waals surface area contributed by atoms with E-state index in [1.165, 1.54) is 83.5 Å². The Hall–Kier alpha value is -1.58. The van der Waals surface area contributed by atoms with Crippen LogP contribution in [0.4, 0.5) is 0 Å². The Kier molecular flexibility index (Phi) is 39.9. The molecule has 0 saturated heterocycles. The quantitative estimate of drug-likeness (QED) is 0.0240. The van der Waals surface area contributed by atoms with Crippen molar-refractivity contribution >= 4 is 13.8 Å². The molecule has 0 fully saturated rings. The van der Waals surface area contributed by atoms with Crippen LogP contribution in [0, 0.1) is 0 Å². The largest absolute Gasteiger partial charge is 0.472 e. The number of unbranched alkanes of at least 4 members (excludes halogenated alkanes) is 19. The summed E-state index contributed by atoms with van der Waals surface area (Å²) in [6.07, 6.45) is 44.9. The van der Waals surface area contributed by atoms with Crippen LogP contribution in [0.5, 0.6) is 0 Å². The smallest absolute Gasteiger partial charge is 0.457 e. The van der Waals surface area contributed by atoms with E-state index in [1.807, 2.05) is 0 Å². The van der Waals surface area contributed by atoms with Crippen molar-refractivity contribution in [3.63, 3.8) is 0 Å². The Morgan fingerprint density at radius 3 is 1.56 bits per heavy atom. The Morgan fingerprint density at radius 2 is 1.04 bits per heavy atom. The lowest BCUT2D eigenvalue weighted by molar-refractivity contribution is -0.154. The van der Waals surface area contributed by atoms with Crippen molar-refractivity contribution in [1.82, 2.24) is 0 Å². The molecule has 0 heterocycles. The summed E-state index contributed by atoms with van der Waals surface area (Å²) in [7, 11) is -4.52. The maximum atomic E-state index is 12.6. The zero-order valence-corrected chi connectivity index (χ0v) is 35.3. The van der Waals surface area contributed by atoms with Gasteiger partial charge in [0.2, 0.25) is 0 Å². The van der Waals surface area contributed by atoms with Gasteiger partial charge in [-0.25, -0.2) is 4.57 Å². The fraction of sp³-hybridized carbons (Fsp3) is 0.795. The molecule has 10 heteroatoms. The number of allylic oxidation sites excluding steroid dienone is 8. The van der Waals surface area contributed by atoms with Crippen molar-refractivity contribution in [2.45, 2.75) is 193 Å². The van der Waals surface area contributed by atoms with Crippen LogP contribution in [0.3, 0.4) is 0 Å². The highest BCUT2D eigenvalue weighted by Crippen LogP contribution is 2.43. The molecule has 54 heavy (non-hydrogen) atoms. The molecular weight excluding hydrogens is 703 g/mol. The van der Waals surface area contributed by atoms with Gasteiger partial charge in [0, 0.05) is 13.0 Å². The number of carbonyl (C=O) groups is 1. The average Bonchev–Trinajstić information content (AvgIpc) is 3.16. The molecule has 0 aliphatic rings. The van der Waals surface area contributed by atoms with Crippen molar-refractivity contribution in [2.75, 3.05) is 33.0 Å². The number of hydrogen-bond acceptors (Lipinski definition) is 8. The van der Waals surface area contributed by atoms with Gasteiger partial charge in [0.15, 0.2) is 0 Å². The van der Waals surface area contributed by atoms with E-state index >= 15 is 0 Å². The van der Waals surface area contributed by atoms with Gasteiger partial charge in [-0.1, -0.05) is 152 Å². The monoisotopic (exact) mass is 785 g/mol. The number of ether oxygens (including phenoxy) is 2. The minimum atomic E-state index is -4.52. The van der Waals surface area contributed by atoms with Crippen molar-refractivity contribution in [3.05, 3.63) is 48.6 Å². The summed E-state index contributed by atoms with van der Waals surface area (Å²) in [5, 5.41) is 18.3. The number of aliphatic hydroxyl groups is 2. The molecule has 3 N–H and O–H groups in total. The molecule has 0 aromatic rings. The van der Waals surface area contributed by atoms with Crippen LogP contribution < -0.4 is 0 Å². The van der Waals surface area contributed by atoms with Crippen LogP contribution in [0.1, 0.15) is 181 Å². The lowest BCUT2D eigenvalue weighted by atomic mass is 10.1. The fourth-order valence-electron chi connectivity index (χ4n) is 5.66. The van der Waals surface area contributed by atoms with Gasteiger partial charge in [0.25, 0.3) is 0 Å². The summed E-state index contributed by atoms with van der Waals surface area (Å²) in [6, 6.07) is 0. The predicted octanol–water partition coefficient (Wildman–Crippen LogP) is 11.8. The van der Waals surface area contributed by atoms with E-state index in [2.05, 4.69) is 62.5 Å². The van der Waals surface area contributed by atoms with E-state index in [0.717, 1.165) is 77.0 Å². The van der Waals surface area contributed by atoms with Gasteiger partial charge in [-0.2, -0.15) is 0 Å². The third kappa shape index (κ3) is 40.1. The molecule has 0 saturated carbocycles. The standard InChI is InChI=1S/C44H81O9P/c1-3-5-7-9-11-13-15-17-19-20-21-22-23-24-26-28-30-32-34-36-44(47)53-43(41-52-54(48,49)51-39-42(46)38-45)40-50-37-35-33-31-29-27-25-18-16-14-12-10-8-6-4-2/h8,10-11,13-14,16-17,19,42-43,45-46H,3-7,9,12,15,18,20-41H2,1-2H3,(H,48,49)/b10-8-,13-11-,16-14-,19-17-. The fourth-order valence-corrected chi connectivity index (χ4v) is 6.45. The van der Waals surface area contributed by atoms with Crippen LogP contribution in [0.25, 0.3) is 0 Å². The second kappa shape index (κ2) is 41.1. The first-order chi connectivity index (χ1) is 26.3. The van der Waals surface area contributed by atoms with Crippen molar-refractivity contribution in [3.8, 4) is 0 Å². The van der Waals surface area contributed by atoms with E-state index in [0.29, 0.717) is 6.61 Å². The molecule has 316 valence electrons. The second-order valence-electron chi connectivity index (χ2n) is 14.4. The Bertz CT molecular complexity index is 981. The molecule has 0 amide bonds. The summed E-state index contributed by atoms with van der Waals surface area (Å²) < 4.78 is 33.3. The average molecular weight is 785 g/mol. The van der Waals surface area contributed by atoms with Gasteiger partial charge < -0.3 is 24.6 Å². The summed E-state index contributed by atoms with van der Waals surface area (Å²) in [5.41, 5.74) is 0. The highest BCUT2D eigenvalue weighted by Gasteiger charge is 2.26. The second-order valence-corrected chi connectivity index (χ2v) is 15.8. The van der Waals surface area contributed by atoms with E-state index in [4.69, 9.17) is 23.6 Å². The first kappa shape index (κ1) is 52.4. The van der Waals surface area contributed by atoms with Gasteiger partial charge in [-0.3, -0.25) is 13.8 Å². The van der Waals surface area contributed by atoms with Crippen LogP contribution >= 0.6 is 7.82 Å². The molecule has 9 nitrogen and oxygen atoms in total. The van der Waals surface area contributed by atoms with Crippen LogP contribution in [-0.2, 0) is 27.9 Å². The lowest BCUT2D eigenvalue weighted by Gasteiger charge is -2.20. The lowest BCUT2D eigenvalue weighted by Crippen LogP contribution is -2.29. The molecular formula is C44H81O9P. The number of rotatable bonds is 41. The van der Waals surface area contributed by atoms with Gasteiger partial charge in [0.05, 0.1) is 26.4 Å². The Morgan fingerprint density at radius 1 is 0.574 bits per heavy atom. The third-order valence-electron chi connectivity index (χ3n) is 8.97. The molecule has 0 aromatic heterocycles. The Labute approximate surface area is 330 Å². The molecule has 0 aliphatic heterocycles. The molecule has 0 radical (unpaired) electrons. The van der Waals surface area contributed by atoms with Gasteiger partial charge in [0.1, 0.15) is 12.2 Å². The molecule has 0 rings (SSSR count). The topological polar surface area (TPSA) is 132 Å². The van der Waals surface area contributed by atoms with Crippen molar-refractivity contribution in [2.24, 2.45) is 0 Å². The normalized spacial score (nSPS) is 14.5. The predicted molar refractivity (Wildman–Crippen MR) is 223 cm³/mol. The maximum Gasteiger partial charge on any atom is 0.472 e. The summed E-state index contributed by atoms with van der Waals surface area (Å²) in [6.45, 7) is 3.40. The number of carbonyl (C=O) groups excluding carboxylic acids is 1. The summed E-state index contributed by atoms with van der Waals surface area (Å²) in [5.74, 6) is -0.392. The van der Waals surface area contributed by atoms with Gasteiger partial charge in [-0.15, -0.1) is 0 Å². The number of esters is 1. The zero-order valence-electron chi connectivity index (χ0n) is 34.4. The summed E-state index contributed by atoms with van der Waals surface area (Å²) in [4.78, 5) is 22.6. The summed E-state index contributed by atoms with van der Waals surface area (Å²) >= 11 is 0. The SMILES string of the molecule is CCC/C=C\C/C=C\CCCCCCCCOCC(COP(=O)(O)OCC(O)CO)OC(=O)CCCCCCCCCCC/C=C\C/C=C\CCCCC. The molecule has 0 aliphatic carbocycles. The van der Waals surface area contributed by atoms with Crippen LogP contribution in [0.2, 0.25) is 0 Å². The van der Waals surface area contributed by atoms with E-state index in [-0.39, 0.29) is 19.6 Å². The number of phosphoric acid groups is 1. The first-order valence-electron chi connectivity index (χ1n) is 21.6. The minimum Gasteiger partial charge on any atom is -0.457 e. The van der Waals surface area contributed by atoms with Crippen molar-refractivity contribution < 1.29 is 43.0 Å². The third-order valence-corrected chi connectivity index (χ3v) is 9.92. The minimum absolute atomic E-state index is 0.0395. The molecule has 0 aromatic carbocycles. The van der Waals surface area contributed by atoms with E-state index in [9.17, 15) is 19.4 Å². The van der Waals surface area contributed by atoms with Gasteiger partial charge >= 0.3 is 13.8 Å². The zero-order chi connectivity index (χ0) is 39.6. The van der Waals surface area contributed by atoms with E-state index in [1.54, 1.807) is 0 Å². The van der Waals surface area contributed by atoms with Gasteiger partial charge in [-0.05, 0) is 70.6 Å². The highest BCUT2D eigenvalue weighted by molar-refractivity contribution is 7.47. The molecule has 0 bridgehead atoms. The van der Waals surface area contributed by atoms with E-state index < -0.39 is 39.2 Å². The van der Waals surface area contributed by atoms with Crippen LogP contribution in [-0.4, -0.2) is 66.3 Å². The Balaban J connectivity index is 4.18. The molecule has 3 unspecified atom stereocenters. The van der Waals surface area contributed by atoms with Crippen molar-refractivity contribution in [1.29, 1.82) is 0 Å².